The molecule has 0 amide bonds. The zero-order valence-corrected chi connectivity index (χ0v) is 9.02. The highest BCUT2D eigenvalue weighted by Crippen LogP contribution is 2.22. The van der Waals surface area contributed by atoms with Gasteiger partial charge in [0.15, 0.2) is 0 Å². The summed E-state index contributed by atoms with van der Waals surface area (Å²) in [5.74, 6) is 1.13. The Balaban J connectivity index is 1.87. The van der Waals surface area contributed by atoms with Gasteiger partial charge < -0.3 is 5.11 Å². The average Bonchev–Trinajstić information content (AvgIpc) is 2.28. The highest BCUT2D eigenvalue weighted by molar-refractivity contribution is 5.27. The van der Waals surface area contributed by atoms with E-state index in [1.807, 2.05) is 12.1 Å². The van der Waals surface area contributed by atoms with Gasteiger partial charge in [-0.3, -0.25) is 0 Å². The highest BCUT2D eigenvalue weighted by Gasteiger charge is 2.08. The molecule has 0 heterocycles. The molecule has 0 fully saturated rings. The van der Waals surface area contributed by atoms with Gasteiger partial charge in [0.2, 0.25) is 0 Å². The van der Waals surface area contributed by atoms with Gasteiger partial charge in [0.25, 0.3) is 0 Å². The molecule has 1 aromatic rings. The number of hydrogen-bond donors (Lipinski definition) is 1. The van der Waals surface area contributed by atoms with Crippen molar-refractivity contribution in [3.05, 3.63) is 42.0 Å². The molecule has 1 aromatic carbocycles. The van der Waals surface area contributed by atoms with Crippen LogP contribution >= 0.6 is 0 Å². The van der Waals surface area contributed by atoms with Crippen LogP contribution in [0.5, 0.6) is 5.75 Å². The molecule has 1 heteroatoms. The summed E-state index contributed by atoms with van der Waals surface area (Å²) in [5.41, 5.74) is 1.24. The third-order valence-electron chi connectivity index (χ3n) is 3.07. The summed E-state index contributed by atoms with van der Waals surface area (Å²) < 4.78 is 0. The topological polar surface area (TPSA) is 20.2 Å². The highest BCUT2D eigenvalue weighted by atomic mass is 16.3. The van der Waals surface area contributed by atoms with Crippen molar-refractivity contribution in [1.29, 1.82) is 0 Å². The van der Waals surface area contributed by atoms with Gasteiger partial charge in [-0.2, -0.15) is 0 Å². The number of aryl methyl sites for hydroxylation is 1. The van der Waals surface area contributed by atoms with Crippen LogP contribution in [0.15, 0.2) is 36.4 Å². The lowest BCUT2D eigenvalue weighted by molar-refractivity contribution is 0.472. The molecule has 0 saturated carbocycles. The second kappa shape index (κ2) is 5.01. The second-order valence-electron chi connectivity index (χ2n) is 4.33. The molecule has 0 bridgehead atoms. The molecule has 0 saturated heterocycles. The monoisotopic (exact) mass is 202 g/mol. The van der Waals surface area contributed by atoms with E-state index in [1.165, 1.54) is 31.2 Å². The molecule has 0 spiro atoms. The van der Waals surface area contributed by atoms with Crippen molar-refractivity contribution in [2.45, 2.75) is 32.1 Å². The molecule has 0 aliphatic heterocycles. The Morgan fingerprint density at radius 1 is 1.33 bits per heavy atom. The fraction of sp³-hybridized carbons (Fsp3) is 0.429. The van der Waals surface area contributed by atoms with Gasteiger partial charge in [0, 0.05) is 0 Å². The maximum atomic E-state index is 9.34. The molecule has 1 N–H and O–H groups in total. The molecule has 2 rings (SSSR count). The first kappa shape index (κ1) is 10.3. The van der Waals surface area contributed by atoms with E-state index in [4.69, 9.17) is 0 Å². The number of rotatable bonds is 3. The van der Waals surface area contributed by atoms with Crippen molar-refractivity contribution in [1.82, 2.24) is 0 Å². The lowest BCUT2D eigenvalue weighted by Crippen LogP contribution is -2.02. The summed E-state index contributed by atoms with van der Waals surface area (Å²) in [5, 5.41) is 9.34. The summed E-state index contributed by atoms with van der Waals surface area (Å²) in [4.78, 5) is 0. The number of phenols is 1. The largest absolute Gasteiger partial charge is 0.508 e. The van der Waals surface area contributed by atoms with E-state index in [-0.39, 0.29) is 0 Å². The Morgan fingerprint density at radius 3 is 3.00 bits per heavy atom. The molecule has 0 aromatic heterocycles. The van der Waals surface area contributed by atoms with Crippen LogP contribution in [0, 0.1) is 5.92 Å². The van der Waals surface area contributed by atoms with Gasteiger partial charge in [-0.1, -0.05) is 24.3 Å². The number of phenolic OH excluding ortho intramolecular Hbond substituents is 1. The fourth-order valence-electron chi connectivity index (χ4n) is 2.19. The standard InChI is InChI=1S/C14H18O/c15-14-8-4-7-13(11-14)10-9-12-5-2-1-3-6-12/h2,4-5,7-8,11-12,15H,1,3,6,9-10H2. The van der Waals surface area contributed by atoms with Crippen LogP contribution in [-0.4, -0.2) is 5.11 Å². The molecule has 1 aliphatic carbocycles. The Bertz CT molecular complexity index is 341. The van der Waals surface area contributed by atoms with Gasteiger partial charge in [-0.05, 0) is 55.7 Å². The first-order valence-corrected chi connectivity index (χ1v) is 5.79. The lowest BCUT2D eigenvalue weighted by atomic mass is 9.90. The third-order valence-corrected chi connectivity index (χ3v) is 3.07. The van der Waals surface area contributed by atoms with E-state index >= 15 is 0 Å². The first-order valence-electron chi connectivity index (χ1n) is 5.79. The number of aromatic hydroxyl groups is 1. The minimum Gasteiger partial charge on any atom is -0.508 e. The smallest absolute Gasteiger partial charge is 0.115 e. The molecule has 15 heavy (non-hydrogen) atoms. The summed E-state index contributed by atoms with van der Waals surface area (Å²) >= 11 is 0. The van der Waals surface area contributed by atoms with Crippen LogP contribution in [0.2, 0.25) is 0 Å². The summed E-state index contributed by atoms with van der Waals surface area (Å²) in [6, 6.07) is 7.60. The number of hydrogen-bond acceptors (Lipinski definition) is 1. The number of benzene rings is 1. The summed E-state index contributed by atoms with van der Waals surface area (Å²) in [6.07, 6.45) is 10.9. The third kappa shape index (κ3) is 3.12. The van der Waals surface area contributed by atoms with E-state index in [1.54, 1.807) is 6.07 Å². The molecular formula is C14H18O. The van der Waals surface area contributed by atoms with Crippen molar-refractivity contribution in [2.24, 2.45) is 5.92 Å². The van der Waals surface area contributed by atoms with Crippen molar-refractivity contribution < 1.29 is 5.11 Å². The molecule has 0 radical (unpaired) electrons. The predicted octanol–water partition coefficient (Wildman–Crippen LogP) is 3.68. The van der Waals surface area contributed by atoms with Crippen LogP contribution in [-0.2, 0) is 6.42 Å². The van der Waals surface area contributed by atoms with Crippen molar-refractivity contribution in [3.8, 4) is 5.75 Å². The maximum absolute atomic E-state index is 9.34. The van der Waals surface area contributed by atoms with E-state index in [2.05, 4.69) is 18.2 Å². The molecule has 1 aliphatic rings. The number of allylic oxidation sites excluding steroid dienone is 2. The predicted molar refractivity (Wildman–Crippen MR) is 62.9 cm³/mol. The normalized spacial score (nSPS) is 20.4. The zero-order valence-electron chi connectivity index (χ0n) is 9.02. The van der Waals surface area contributed by atoms with E-state index in [0.29, 0.717) is 5.75 Å². The maximum Gasteiger partial charge on any atom is 0.115 e. The van der Waals surface area contributed by atoms with Crippen LogP contribution in [0.4, 0.5) is 0 Å². The van der Waals surface area contributed by atoms with Crippen LogP contribution in [0.25, 0.3) is 0 Å². The fourth-order valence-corrected chi connectivity index (χ4v) is 2.19. The van der Waals surface area contributed by atoms with Crippen molar-refractivity contribution in [3.63, 3.8) is 0 Å². The van der Waals surface area contributed by atoms with Gasteiger partial charge in [-0.15, -0.1) is 0 Å². The van der Waals surface area contributed by atoms with E-state index in [0.717, 1.165) is 12.3 Å². The SMILES string of the molecule is Oc1cccc(CCC2C=CCCC2)c1. The molecule has 1 unspecified atom stereocenters. The minimum absolute atomic E-state index is 0.381. The van der Waals surface area contributed by atoms with Crippen molar-refractivity contribution >= 4 is 0 Å². The second-order valence-corrected chi connectivity index (χ2v) is 4.33. The zero-order chi connectivity index (χ0) is 10.5. The van der Waals surface area contributed by atoms with Crippen molar-refractivity contribution in [2.75, 3.05) is 0 Å². The van der Waals surface area contributed by atoms with Crippen LogP contribution < -0.4 is 0 Å². The average molecular weight is 202 g/mol. The van der Waals surface area contributed by atoms with Gasteiger partial charge in [0.1, 0.15) is 5.75 Å². The summed E-state index contributed by atoms with van der Waals surface area (Å²) in [7, 11) is 0. The minimum atomic E-state index is 0.381. The quantitative estimate of drug-likeness (QED) is 0.741. The Morgan fingerprint density at radius 2 is 2.27 bits per heavy atom. The summed E-state index contributed by atoms with van der Waals surface area (Å²) in [6.45, 7) is 0. The Hall–Kier alpha value is -1.24. The first-order chi connectivity index (χ1) is 7.34. The molecule has 1 atom stereocenters. The molecule has 1 nitrogen and oxygen atoms in total. The van der Waals surface area contributed by atoms with E-state index < -0.39 is 0 Å². The van der Waals surface area contributed by atoms with Gasteiger partial charge in [0.05, 0.1) is 0 Å². The molecular weight excluding hydrogens is 184 g/mol. The van der Waals surface area contributed by atoms with Crippen LogP contribution in [0.1, 0.15) is 31.2 Å². The Labute approximate surface area is 91.4 Å². The van der Waals surface area contributed by atoms with E-state index in [9.17, 15) is 5.11 Å². The van der Waals surface area contributed by atoms with Gasteiger partial charge in [-0.25, -0.2) is 0 Å². The molecule has 80 valence electrons. The van der Waals surface area contributed by atoms with Crippen LogP contribution in [0.3, 0.4) is 0 Å². The van der Waals surface area contributed by atoms with Gasteiger partial charge >= 0.3 is 0 Å². The Kier molecular flexibility index (Phi) is 3.44. The lowest BCUT2D eigenvalue weighted by Gasteiger charge is -2.15.